The van der Waals surface area contributed by atoms with Crippen LogP contribution in [0.3, 0.4) is 0 Å². The lowest BCUT2D eigenvalue weighted by atomic mass is 9.89. The first-order valence-electron chi connectivity index (χ1n) is 9.28. The number of amides is 1. The predicted octanol–water partition coefficient (Wildman–Crippen LogP) is 3.57. The van der Waals surface area contributed by atoms with Gasteiger partial charge < -0.3 is 15.0 Å². The van der Waals surface area contributed by atoms with Gasteiger partial charge in [0.2, 0.25) is 0 Å². The lowest BCUT2D eigenvalue weighted by Crippen LogP contribution is -2.35. The minimum atomic E-state index is -1.05. The molecule has 2 N–H and O–H groups in total. The van der Waals surface area contributed by atoms with Gasteiger partial charge in [-0.1, -0.05) is 24.3 Å². The van der Waals surface area contributed by atoms with Gasteiger partial charge in [-0.15, -0.1) is 0 Å². The summed E-state index contributed by atoms with van der Waals surface area (Å²) in [6.07, 6.45) is 0.484. The van der Waals surface area contributed by atoms with E-state index in [0.717, 1.165) is 11.1 Å². The number of halogens is 1. The van der Waals surface area contributed by atoms with Gasteiger partial charge in [-0.25, -0.2) is 9.37 Å². The van der Waals surface area contributed by atoms with Crippen LogP contribution >= 0.6 is 0 Å². The molecule has 1 amide bonds. The average Bonchev–Trinajstić information content (AvgIpc) is 3.26. The number of carbonyl (C=O) groups is 1. The monoisotopic (exact) mass is 379 g/mol. The molecule has 0 spiro atoms. The van der Waals surface area contributed by atoms with E-state index < -0.39 is 5.60 Å². The molecular weight excluding hydrogens is 357 g/mol. The zero-order chi connectivity index (χ0) is 19.9. The molecule has 3 aromatic rings. The Morgan fingerprint density at radius 3 is 2.61 bits per heavy atom. The quantitative estimate of drug-likeness (QED) is 0.731. The number of hydrogen-bond acceptors (Lipinski definition) is 3. The molecule has 4 rings (SSSR count). The van der Waals surface area contributed by atoms with Crippen LogP contribution in [0.2, 0.25) is 0 Å². The largest absolute Gasteiger partial charge is 0.383 e. The fourth-order valence-electron chi connectivity index (χ4n) is 3.84. The van der Waals surface area contributed by atoms with Crippen LogP contribution in [0.25, 0.3) is 11.4 Å². The molecule has 28 heavy (non-hydrogen) atoms. The third kappa shape index (κ3) is 3.20. The van der Waals surface area contributed by atoms with E-state index in [9.17, 15) is 14.3 Å². The summed E-state index contributed by atoms with van der Waals surface area (Å²) in [7, 11) is 0. The Balaban J connectivity index is 1.57. The molecule has 0 radical (unpaired) electrons. The van der Waals surface area contributed by atoms with Crippen molar-refractivity contribution >= 4 is 5.91 Å². The number of benzene rings is 2. The third-order valence-corrected chi connectivity index (χ3v) is 5.39. The number of likely N-dealkylation sites (tertiary alicyclic amines) is 1. The van der Waals surface area contributed by atoms with Gasteiger partial charge in [-0.2, -0.15) is 0 Å². The Morgan fingerprint density at radius 1 is 1.18 bits per heavy atom. The fourth-order valence-corrected chi connectivity index (χ4v) is 3.84. The van der Waals surface area contributed by atoms with Crippen molar-refractivity contribution in [3.05, 3.63) is 76.9 Å². The highest BCUT2D eigenvalue weighted by Gasteiger charge is 2.41. The number of nitrogens with zero attached hydrogens (tertiary/aromatic N) is 2. The average molecular weight is 379 g/mol. The van der Waals surface area contributed by atoms with Crippen LogP contribution in [-0.2, 0) is 5.60 Å². The molecule has 1 aromatic heterocycles. The summed E-state index contributed by atoms with van der Waals surface area (Å²) in [5.41, 5.74) is 2.50. The van der Waals surface area contributed by atoms with Gasteiger partial charge in [0.15, 0.2) is 0 Å². The molecule has 0 bridgehead atoms. The first-order chi connectivity index (χ1) is 13.4. The van der Waals surface area contributed by atoms with Crippen molar-refractivity contribution < 1.29 is 14.3 Å². The standard InChI is InChI=1S/C22H22FN3O2/c1-14-5-3-4-6-18(14)22(28)11-12-26(13-22)21(27)19-15(2)24-20(25-19)16-7-9-17(23)10-8-16/h3-10,28H,11-13H2,1-2H3,(H,24,25). The summed E-state index contributed by atoms with van der Waals surface area (Å²) in [4.78, 5) is 22.2. The molecular formula is C22H22FN3O2. The number of rotatable bonds is 3. The van der Waals surface area contributed by atoms with Crippen LogP contribution in [0, 0.1) is 19.7 Å². The van der Waals surface area contributed by atoms with E-state index in [4.69, 9.17) is 0 Å². The third-order valence-electron chi connectivity index (χ3n) is 5.39. The molecule has 1 aliphatic heterocycles. The molecule has 1 fully saturated rings. The molecule has 1 aliphatic rings. The number of nitrogens with one attached hydrogen (secondary N) is 1. The van der Waals surface area contributed by atoms with Gasteiger partial charge in [-0.3, -0.25) is 4.79 Å². The number of aromatic nitrogens is 2. The Hall–Kier alpha value is -2.99. The van der Waals surface area contributed by atoms with Gasteiger partial charge in [0, 0.05) is 17.8 Å². The SMILES string of the molecule is Cc1ccccc1C1(O)CCN(C(=O)c2nc(-c3ccc(F)cc3)[nH]c2C)C1. The van der Waals surface area contributed by atoms with Crippen LogP contribution in [-0.4, -0.2) is 39.0 Å². The smallest absolute Gasteiger partial charge is 0.274 e. The van der Waals surface area contributed by atoms with Crippen molar-refractivity contribution in [1.82, 2.24) is 14.9 Å². The van der Waals surface area contributed by atoms with Crippen LogP contribution in [0.5, 0.6) is 0 Å². The van der Waals surface area contributed by atoms with Crippen LogP contribution < -0.4 is 0 Å². The van der Waals surface area contributed by atoms with Crippen molar-refractivity contribution in [3.8, 4) is 11.4 Å². The molecule has 1 atom stereocenters. The van der Waals surface area contributed by atoms with E-state index in [1.165, 1.54) is 12.1 Å². The zero-order valence-electron chi connectivity index (χ0n) is 15.9. The highest BCUT2D eigenvalue weighted by Crippen LogP contribution is 2.34. The van der Waals surface area contributed by atoms with Crippen molar-refractivity contribution in [2.75, 3.05) is 13.1 Å². The lowest BCUT2D eigenvalue weighted by molar-refractivity contribution is 0.0410. The summed E-state index contributed by atoms with van der Waals surface area (Å²) in [5.74, 6) is -0.0169. The maximum atomic E-state index is 13.1. The molecule has 144 valence electrons. The number of carbonyl (C=O) groups excluding carboxylic acids is 1. The lowest BCUT2D eigenvalue weighted by Gasteiger charge is -2.25. The predicted molar refractivity (Wildman–Crippen MR) is 104 cm³/mol. The van der Waals surface area contributed by atoms with E-state index in [1.54, 1.807) is 24.0 Å². The van der Waals surface area contributed by atoms with Crippen molar-refractivity contribution in [2.45, 2.75) is 25.9 Å². The first-order valence-corrected chi connectivity index (χ1v) is 9.28. The zero-order valence-corrected chi connectivity index (χ0v) is 15.9. The molecule has 1 unspecified atom stereocenters. The van der Waals surface area contributed by atoms with Gasteiger partial charge in [0.1, 0.15) is 22.9 Å². The van der Waals surface area contributed by atoms with E-state index in [-0.39, 0.29) is 18.3 Å². The summed E-state index contributed by atoms with van der Waals surface area (Å²) >= 11 is 0. The Labute approximate surface area is 162 Å². The van der Waals surface area contributed by atoms with Crippen LogP contribution in [0.15, 0.2) is 48.5 Å². The fraction of sp³-hybridized carbons (Fsp3) is 0.273. The number of aryl methyl sites for hydroxylation is 2. The van der Waals surface area contributed by atoms with Crippen molar-refractivity contribution in [3.63, 3.8) is 0 Å². The topological polar surface area (TPSA) is 69.2 Å². The second-order valence-electron chi connectivity index (χ2n) is 7.39. The summed E-state index contributed by atoms with van der Waals surface area (Å²) in [6, 6.07) is 13.7. The molecule has 6 heteroatoms. The first kappa shape index (κ1) is 18.4. The maximum absolute atomic E-state index is 13.1. The highest BCUT2D eigenvalue weighted by atomic mass is 19.1. The van der Waals surface area contributed by atoms with E-state index in [0.29, 0.717) is 35.7 Å². The summed E-state index contributed by atoms with van der Waals surface area (Å²) < 4.78 is 13.1. The summed E-state index contributed by atoms with van der Waals surface area (Å²) in [5, 5.41) is 11.1. The number of imidazole rings is 1. The van der Waals surface area contributed by atoms with E-state index >= 15 is 0 Å². The molecule has 0 aliphatic carbocycles. The minimum Gasteiger partial charge on any atom is -0.383 e. The van der Waals surface area contributed by atoms with E-state index in [1.807, 2.05) is 31.2 Å². The van der Waals surface area contributed by atoms with Crippen LogP contribution in [0.4, 0.5) is 4.39 Å². The molecule has 1 saturated heterocycles. The van der Waals surface area contributed by atoms with Gasteiger partial charge >= 0.3 is 0 Å². The molecule has 2 heterocycles. The minimum absolute atomic E-state index is 0.216. The number of aliphatic hydroxyl groups is 1. The van der Waals surface area contributed by atoms with E-state index in [2.05, 4.69) is 9.97 Å². The Morgan fingerprint density at radius 2 is 1.89 bits per heavy atom. The van der Waals surface area contributed by atoms with Gasteiger partial charge in [0.05, 0.1) is 6.54 Å². The molecule has 2 aromatic carbocycles. The number of hydrogen-bond donors (Lipinski definition) is 2. The number of H-pyrrole nitrogens is 1. The van der Waals surface area contributed by atoms with Crippen molar-refractivity contribution in [1.29, 1.82) is 0 Å². The maximum Gasteiger partial charge on any atom is 0.274 e. The second kappa shape index (κ2) is 6.87. The molecule has 0 saturated carbocycles. The number of β-amino-alcohol motifs (C(OH)–C–C–N with tert-alkyl or cyclic N) is 1. The summed E-state index contributed by atoms with van der Waals surface area (Å²) in [6.45, 7) is 4.44. The normalized spacial score (nSPS) is 19.2. The van der Waals surface area contributed by atoms with Crippen molar-refractivity contribution in [2.24, 2.45) is 0 Å². The second-order valence-corrected chi connectivity index (χ2v) is 7.39. The molecule has 5 nitrogen and oxygen atoms in total. The Kier molecular flexibility index (Phi) is 4.51. The highest BCUT2D eigenvalue weighted by molar-refractivity contribution is 5.94. The Bertz CT molecular complexity index is 1030. The number of aromatic amines is 1. The van der Waals surface area contributed by atoms with Gasteiger partial charge in [-0.05, 0) is 55.7 Å². The van der Waals surface area contributed by atoms with Gasteiger partial charge in [0.25, 0.3) is 5.91 Å². The van der Waals surface area contributed by atoms with Crippen LogP contribution in [0.1, 0.15) is 33.7 Å².